The van der Waals surface area contributed by atoms with E-state index in [4.69, 9.17) is 14.7 Å². The summed E-state index contributed by atoms with van der Waals surface area (Å²) in [5, 5.41) is 0. The SMILES string of the molecule is CCCCCC1CCC(Cc2cc(Oc3cnc(CCCC)c(CC4CCC(CCCCC)CC4)c3)cnc2CCCC)CC1. The van der Waals surface area contributed by atoms with Crippen molar-refractivity contribution < 1.29 is 4.74 Å². The molecule has 2 aromatic rings. The molecule has 0 atom stereocenters. The minimum atomic E-state index is 0.790. The molecule has 0 amide bonds. The molecule has 3 nitrogen and oxygen atoms in total. The van der Waals surface area contributed by atoms with E-state index in [1.807, 2.05) is 12.4 Å². The summed E-state index contributed by atoms with van der Waals surface area (Å²) >= 11 is 0. The van der Waals surface area contributed by atoms with E-state index in [2.05, 4.69) is 39.8 Å². The topological polar surface area (TPSA) is 35.0 Å². The Balaban J connectivity index is 1.41. The molecular formula is C42H68N2O. The van der Waals surface area contributed by atoms with Gasteiger partial charge in [-0.1, -0.05) is 118 Å². The molecule has 252 valence electrons. The van der Waals surface area contributed by atoms with Gasteiger partial charge in [0.25, 0.3) is 0 Å². The fourth-order valence-electron chi connectivity index (χ4n) is 8.21. The molecule has 0 aliphatic heterocycles. The van der Waals surface area contributed by atoms with E-state index in [1.54, 1.807) is 0 Å². The fraction of sp³-hybridized carbons (Fsp3) is 0.762. The van der Waals surface area contributed by atoms with E-state index in [9.17, 15) is 0 Å². The zero-order valence-corrected chi connectivity index (χ0v) is 29.9. The van der Waals surface area contributed by atoms with Crippen molar-refractivity contribution in [1.82, 2.24) is 9.97 Å². The van der Waals surface area contributed by atoms with E-state index in [-0.39, 0.29) is 0 Å². The van der Waals surface area contributed by atoms with Gasteiger partial charge in [-0.25, -0.2) is 0 Å². The molecule has 0 saturated heterocycles. The lowest BCUT2D eigenvalue weighted by atomic mass is 9.77. The Morgan fingerprint density at radius 1 is 0.511 bits per heavy atom. The summed E-state index contributed by atoms with van der Waals surface area (Å²) in [5.41, 5.74) is 5.46. The fourth-order valence-corrected chi connectivity index (χ4v) is 8.21. The Kier molecular flexibility index (Phi) is 16.3. The van der Waals surface area contributed by atoms with Gasteiger partial charge in [0.2, 0.25) is 0 Å². The lowest BCUT2D eigenvalue weighted by molar-refractivity contribution is 0.257. The standard InChI is InChI=1S/C42H68N2O/c1-5-9-13-15-33-19-23-35(24-20-33)27-37-29-39(31-43-41(37)17-11-7-3)45-40-30-38(42(44-32-40)18-12-8-4)28-36-25-21-34(22-26-36)16-14-10-6-2/h29-36H,5-28H2,1-4H3. The minimum absolute atomic E-state index is 0.790. The summed E-state index contributed by atoms with van der Waals surface area (Å²) in [6, 6.07) is 4.66. The van der Waals surface area contributed by atoms with Gasteiger partial charge in [0.15, 0.2) is 0 Å². The van der Waals surface area contributed by atoms with E-state index in [0.29, 0.717) is 0 Å². The summed E-state index contributed by atoms with van der Waals surface area (Å²) in [6.07, 6.45) is 35.7. The summed E-state index contributed by atoms with van der Waals surface area (Å²) in [4.78, 5) is 10.0. The van der Waals surface area contributed by atoms with Crippen LogP contribution in [0.2, 0.25) is 0 Å². The van der Waals surface area contributed by atoms with E-state index < -0.39 is 0 Å². The van der Waals surface area contributed by atoms with Crippen molar-refractivity contribution in [1.29, 1.82) is 0 Å². The van der Waals surface area contributed by atoms with Crippen molar-refractivity contribution in [3.63, 3.8) is 0 Å². The molecule has 0 spiro atoms. The Labute approximate surface area is 278 Å². The molecule has 3 heteroatoms. The highest BCUT2D eigenvalue weighted by Crippen LogP contribution is 2.37. The van der Waals surface area contributed by atoms with Gasteiger partial charge in [-0.15, -0.1) is 0 Å². The van der Waals surface area contributed by atoms with E-state index in [0.717, 1.165) is 60.9 Å². The van der Waals surface area contributed by atoms with E-state index in [1.165, 1.54) is 151 Å². The maximum Gasteiger partial charge on any atom is 0.146 e. The molecule has 45 heavy (non-hydrogen) atoms. The van der Waals surface area contributed by atoms with Crippen molar-refractivity contribution in [2.24, 2.45) is 23.7 Å². The zero-order chi connectivity index (χ0) is 31.7. The predicted molar refractivity (Wildman–Crippen MR) is 192 cm³/mol. The summed E-state index contributed by atoms with van der Waals surface area (Å²) in [7, 11) is 0. The molecule has 2 aliphatic carbocycles. The molecule has 2 aromatic heterocycles. The average molecular weight is 617 g/mol. The van der Waals surface area contributed by atoms with E-state index >= 15 is 0 Å². The Morgan fingerprint density at radius 2 is 0.889 bits per heavy atom. The first kappa shape index (κ1) is 35.9. The molecule has 0 aromatic carbocycles. The number of nitrogens with zero attached hydrogens (tertiary/aromatic N) is 2. The van der Waals surface area contributed by atoms with Crippen LogP contribution in [-0.4, -0.2) is 9.97 Å². The number of ether oxygens (including phenoxy) is 1. The van der Waals surface area contributed by atoms with Crippen LogP contribution in [0.1, 0.15) is 179 Å². The third-order valence-electron chi connectivity index (χ3n) is 11.2. The van der Waals surface area contributed by atoms with Crippen LogP contribution in [0.15, 0.2) is 24.5 Å². The van der Waals surface area contributed by atoms with Gasteiger partial charge in [0.1, 0.15) is 11.5 Å². The van der Waals surface area contributed by atoms with Crippen LogP contribution in [0.3, 0.4) is 0 Å². The summed E-state index contributed by atoms with van der Waals surface area (Å²) < 4.78 is 6.58. The number of unbranched alkanes of at least 4 members (excludes halogenated alkanes) is 6. The number of pyridine rings is 2. The van der Waals surface area contributed by atoms with Gasteiger partial charge < -0.3 is 4.74 Å². The van der Waals surface area contributed by atoms with Crippen LogP contribution >= 0.6 is 0 Å². The largest absolute Gasteiger partial charge is 0.454 e. The predicted octanol–water partition coefficient (Wildman–Crippen LogP) is 12.8. The summed E-state index contributed by atoms with van der Waals surface area (Å²) in [6.45, 7) is 9.20. The first-order chi connectivity index (χ1) is 22.1. The number of hydrogen-bond acceptors (Lipinski definition) is 3. The average Bonchev–Trinajstić information content (AvgIpc) is 3.06. The molecule has 2 heterocycles. The van der Waals surface area contributed by atoms with Gasteiger partial charge in [0, 0.05) is 11.4 Å². The molecular weight excluding hydrogens is 548 g/mol. The first-order valence-corrected chi connectivity index (χ1v) is 19.7. The second-order valence-corrected chi connectivity index (χ2v) is 15.0. The van der Waals surface area contributed by atoms with Crippen molar-refractivity contribution in [3.05, 3.63) is 47.0 Å². The van der Waals surface area contributed by atoms with Gasteiger partial charge in [-0.05, 0) is 111 Å². The lowest BCUT2D eigenvalue weighted by Gasteiger charge is -2.29. The van der Waals surface area contributed by atoms with Crippen LogP contribution in [0.5, 0.6) is 11.5 Å². The summed E-state index contributed by atoms with van der Waals surface area (Å²) in [5.74, 6) is 5.28. The van der Waals surface area contributed by atoms with Crippen LogP contribution in [0, 0.1) is 23.7 Å². The highest BCUT2D eigenvalue weighted by molar-refractivity contribution is 5.36. The molecule has 0 radical (unpaired) electrons. The number of aryl methyl sites for hydroxylation is 2. The van der Waals surface area contributed by atoms with Crippen LogP contribution in [0.25, 0.3) is 0 Å². The minimum Gasteiger partial charge on any atom is -0.454 e. The smallest absolute Gasteiger partial charge is 0.146 e. The second-order valence-electron chi connectivity index (χ2n) is 15.0. The van der Waals surface area contributed by atoms with Crippen molar-refractivity contribution in [2.45, 2.75) is 182 Å². The second kappa shape index (κ2) is 20.4. The third kappa shape index (κ3) is 12.3. The molecule has 0 unspecified atom stereocenters. The molecule has 4 rings (SSSR count). The molecule has 2 aliphatic rings. The Bertz CT molecular complexity index is 995. The van der Waals surface area contributed by atoms with Crippen LogP contribution in [0.4, 0.5) is 0 Å². The molecule has 0 bridgehead atoms. The van der Waals surface area contributed by atoms with Crippen molar-refractivity contribution in [3.8, 4) is 11.5 Å². The maximum atomic E-state index is 6.58. The van der Waals surface area contributed by atoms with Crippen LogP contribution < -0.4 is 4.74 Å². The number of hydrogen-bond donors (Lipinski definition) is 0. The number of rotatable bonds is 20. The molecule has 2 saturated carbocycles. The molecule has 2 fully saturated rings. The van der Waals surface area contributed by atoms with Gasteiger partial charge in [-0.3, -0.25) is 9.97 Å². The number of aromatic nitrogens is 2. The monoisotopic (exact) mass is 617 g/mol. The van der Waals surface area contributed by atoms with Gasteiger partial charge in [0.05, 0.1) is 12.4 Å². The zero-order valence-electron chi connectivity index (χ0n) is 29.9. The molecule has 0 N–H and O–H groups in total. The quantitative estimate of drug-likeness (QED) is 0.139. The lowest BCUT2D eigenvalue weighted by Crippen LogP contribution is -2.17. The highest BCUT2D eigenvalue weighted by atomic mass is 16.5. The van der Waals surface area contributed by atoms with Crippen molar-refractivity contribution in [2.75, 3.05) is 0 Å². The third-order valence-corrected chi connectivity index (χ3v) is 11.2. The van der Waals surface area contributed by atoms with Crippen molar-refractivity contribution >= 4 is 0 Å². The first-order valence-electron chi connectivity index (χ1n) is 19.7. The Hall–Kier alpha value is -1.90. The maximum absolute atomic E-state index is 6.58. The van der Waals surface area contributed by atoms with Crippen LogP contribution in [-0.2, 0) is 25.7 Å². The van der Waals surface area contributed by atoms with Gasteiger partial charge >= 0.3 is 0 Å². The highest BCUT2D eigenvalue weighted by Gasteiger charge is 2.24. The normalized spacial score (nSPS) is 22.0. The van der Waals surface area contributed by atoms with Gasteiger partial charge in [-0.2, -0.15) is 0 Å². The Morgan fingerprint density at radius 3 is 1.27 bits per heavy atom.